The molecule has 0 saturated carbocycles. The van der Waals surface area contributed by atoms with Crippen molar-refractivity contribution in [3.8, 4) is 0 Å². The van der Waals surface area contributed by atoms with E-state index in [2.05, 4.69) is 91.0 Å². The van der Waals surface area contributed by atoms with Gasteiger partial charge in [0.05, 0.1) is 0 Å². The molecule has 0 atom stereocenters. The summed E-state index contributed by atoms with van der Waals surface area (Å²) >= 11 is 2.03. The molecule has 0 unspecified atom stereocenters. The fraction of sp³-hybridized carbons (Fsp3) is 0.143. The van der Waals surface area contributed by atoms with E-state index < -0.39 is 6.03 Å². The number of hydrogen-bond donors (Lipinski definition) is 0. The van der Waals surface area contributed by atoms with Crippen LogP contribution in [0.1, 0.15) is 6.42 Å². The fourth-order valence-corrected chi connectivity index (χ4v) is 13.0. The van der Waals surface area contributed by atoms with Crippen LogP contribution in [0.4, 0.5) is 0 Å². The van der Waals surface area contributed by atoms with Crippen LogP contribution in [-0.4, -0.2) is 12.4 Å². The summed E-state index contributed by atoms with van der Waals surface area (Å²) in [6, 6.07) is 29.6. The molecule has 0 N–H and O–H groups in total. The number of rotatable bonds is 3. The first-order chi connectivity index (χ1) is 11.9. The molecule has 1 heterocycles. The first kappa shape index (κ1) is 15.9. The summed E-state index contributed by atoms with van der Waals surface area (Å²) in [5.74, 6) is 1.12. The minimum atomic E-state index is -2.95. The van der Waals surface area contributed by atoms with E-state index in [-0.39, 0.29) is 0 Å². The molecule has 0 bridgehead atoms. The maximum absolute atomic E-state index is 6.90. The van der Waals surface area contributed by atoms with Gasteiger partial charge >= 0.3 is 148 Å². The molecule has 3 aromatic carbocycles. The van der Waals surface area contributed by atoms with Gasteiger partial charge in [-0.3, -0.25) is 0 Å². The van der Waals surface area contributed by atoms with E-state index in [9.17, 15) is 0 Å². The molecule has 0 amide bonds. The molecule has 122 valence electrons. The average molecular weight is 352 g/mol. The SMILES string of the molecule is c1ccc(P2(c3ccccc3)(c3ccccc3)OCCCS2)cc1. The summed E-state index contributed by atoms with van der Waals surface area (Å²) in [4.78, 5) is 0. The standard InChI is InChI=1S/C21H21OPS/c1-4-11-19(12-5-1)23(22-17-10-18-24-23,20-13-6-2-7-14-20)21-15-8-3-9-16-21/h1-9,11-16H,10,17-18H2. The first-order valence-electron chi connectivity index (χ1n) is 8.35. The predicted molar refractivity (Wildman–Crippen MR) is 108 cm³/mol. The van der Waals surface area contributed by atoms with Crippen molar-refractivity contribution in [2.75, 3.05) is 12.4 Å². The Morgan fingerprint density at radius 1 is 0.625 bits per heavy atom. The number of benzene rings is 3. The second-order valence-corrected chi connectivity index (χ2v) is 13.2. The number of hydrogen-bond acceptors (Lipinski definition) is 2. The Morgan fingerprint density at radius 2 is 1.04 bits per heavy atom. The van der Waals surface area contributed by atoms with E-state index in [1.807, 2.05) is 11.4 Å². The zero-order valence-corrected chi connectivity index (χ0v) is 15.3. The van der Waals surface area contributed by atoms with E-state index in [0.29, 0.717) is 0 Å². The van der Waals surface area contributed by atoms with Crippen molar-refractivity contribution in [2.45, 2.75) is 6.42 Å². The van der Waals surface area contributed by atoms with Crippen LogP contribution in [-0.2, 0) is 4.52 Å². The molecule has 1 aliphatic rings. The Labute approximate surface area is 147 Å². The Hall–Kier alpha value is -1.60. The molecule has 3 heteroatoms. The molecular weight excluding hydrogens is 331 g/mol. The molecule has 1 aliphatic heterocycles. The van der Waals surface area contributed by atoms with Crippen LogP contribution in [0.3, 0.4) is 0 Å². The Balaban J connectivity index is 2.12. The van der Waals surface area contributed by atoms with Crippen molar-refractivity contribution in [1.82, 2.24) is 0 Å². The third kappa shape index (κ3) is 2.25. The van der Waals surface area contributed by atoms with Crippen molar-refractivity contribution >= 4 is 33.3 Å². The molecule has 1 saturated heterocycles. The van der Waals surface area contributed by atoms with Gasteiger partial charge in [-0.1, -0.05) is 0 Å². The monoisotopic (exact) mass is 352 g/mol. The molecule has 4 rings (SSSR count). The van der Waals surface area contributed by atoms with Crippen LogP contribution in [0.25, 0.3) is 0 Å². The summed E-state index contributed by atoms with van der Waals surface area (Å²) < 4.78 is 6.90. The average Bonchev–Trinajstić information content (AvgIpc) is 2.71. The molecular formula is C21H21OPS. The van der Waals surface area contributed by atoms with Crippen molar-refractivity contribution in [3.63, 3.8) is 0 Å². The molecule has 1 nitrogen and oxygen atoms in total. The normalized spacial score (nSPS) is 20.6. The van der Waals surface area contributed by atoms with E-state index in [4.69, 9.17) is 4.52 Å². The van der Waals surface area contributed by atoms with Gasteiger partial charge in [0, 0.05) is 0 Å². The molecule has 0 aromatic heterocycles. The van der Waals surface area contributed by atoms with Gasteiger partial charge in [0.1, 0.15) is 0 Å². The van der Waals surface area contributed by atoms with Crippen LogP contribution in [0.2, 0.25) is 0 Å². The predicted octanol–water partition coefficient (Wildman–Crippen LogP) is 4.50. The molecule has 0 aliphatic carbocycles. The third-order valence-electron chi connectivity index (χ3n) is 4.64. The molecule has 0 spiro atoms. The summed E-state index contributed by atoms with van der Waals surface area (Å²) in [5, 5.41) is 3.93. The molecule has 1 fully saturated rings. The van der Waals surface area contributed by atoms with Gasteiger partial charge in [0.2, 0.25) is 0 Å². The Bertz CT molecular complexity index is 696. The topological polar surface area (TPSA) is 9.23 Å². The van der Waals surface area contributed by atoms with Gasteiger partial charge in [-0.25, -0.2) is 0 Å². The maximum atomic E-state index is 6.90. The Morgan fingerprint density at radius 3 is 1.38 bits per heavy atom. The van der Waals surface area contributed by atoms with Gasteiger partial charge in [0.15, 0.2) is 0 Å². The summed E-state index contributed by atoms with van der Waals surface area (Å²) in [7, 11) is 0. The van der Waals surface area contributed by atoms with E-state index in [0.717, 1.165) is 18.8 Å². The second kappa shape index (κ2) is 6.37. The minimum absolute atomic E-state index is 0.809. The Kier molecular flexibility index (Phi) is 4.22. The quantitative estimate of drug-likeness (QED) is 0.642. The third-order valence-corrected chi connectivity index (χ3v) is 14.2. The molecule has 0 radical (unpaired) electrons. The van der Waals surface area contributed by atoms with E-state index in [1.54, 1.807) is 0 Å². The summed E-state index contributed by atoms with van der Waals surface area (Å²) in [6.07, 6.45) is 1.11. The summed E-state index contributed by atoms with van der Waals surface area (Å²) in [5.41, 5.74) is 0. The van der Waals surface area contributed by atoms with Crippen molar-refractivity contribution in [3.05, 3.63) is 91.0 Å². The van der Waals surface area contributed by atoms with Gasteiger partial charge in [-0.15, -0.1) is 0 Å². The summed E-state index contributed by atoms with van der Waals surface area (Å²) in [6.45, 7) is 0.809. The fourth-order valence-electron chi connectivity index (χ4n) is 3.56. The van der Waals surface area contributed by atoms with Crippen LogP contribution in [0.5, 0.6) is 0 Å². The van der Waals surface area contributed by atoms with Crippen LogP contribution in [0.15, 0.2) is 91.0 Å². The van der Waals surface area contributed by atoms with Gasteiger partial charge < -0.3 is 0 Å². The van der Waals surface area contributed by atoms with Crippen molar-refractivity contribution in [2.24, 2.45) is 0 Å². The molecule has 3 aromatic rings. The molecule has 24 heavy (non-hydrogen) atoms. The van der Waals surface area contributed by atoms with Gasteiger partial charge in [-0.05, 0) is 0 Å². The van der Waals surface area contributed by atoms with Gasteiger partial charge in [0.25, 0.3) is 0 Å². The van der Waals surface area contributed by atoms with Crippen LogP contribution in [0, 0.1) is 0 Å². The first-order valence-corrected chi connectivity index (χ1v) is 12.1. The van der Waals surface area contributed by atoms with Crippen molar-refractivity contribution in [1.29, 1.82) is 0 Å². The van der Waals surface area contributed by atoms with E-state index in [1.165, 1.54) is 15.9 Å². The zero-order chi connectivity index (χ0) is 16.3. The van der Waals surface area contributed by atoms with Crippen LogP contribution >= 0.6 is 17.4 Å². The van der Waals surface area contributed by atoms with E-state index >= 15 is 0 Å². The van der Waals surface area contributed by atoms with Crippen LogP contribution < -0.4 is 15.9 Å². The van der Waals surface area contributed by atoms with Gasteiger partial charge in [-0.2, -0.15) is 0 Å². The zero-order valence-electron chi connectivity index (χ0n) is 13.5. The van der Waals surface area contributed by atoms with Crippen molar-refractivity contribution < 1.29 is 4.52 Å². The second-order valence-electron chi connectivity index (χ2n) is 5.98.